The highest BCUT2D eigenvalue weighted by atomic mass is 32.1. The molecule has 0 radical (unpaired) electrons. The maximum Gasteiger partial charge on any atom is 0.231 e. The third-order valence-electron chi connectivity index (χ3n) is 4.07. The Labute approximate surface area is 142 Å². The zero-order valence-electron chi connectivity index (χ0n) is 12.7. The number of para-hydroxylation sites is 1. The second kappa shape index (κ2) is 6.03. The van der Waals surface area contributed by atoms with E-state index in [0.717, 1.165) is 21.8 Å². The number of aromatic nitrogens is 1. The molecular formula is C17H16N2O2S2. The molecule has 0 unspecified atom stereocenters. The zero-order valence-corrected chi connectivity index (χ0v) is 14.3. The van der Waals surface area contributed by atoms with Crippen LogP contribution in [0.25, 0.3) is 10.2 Å². The fourth-order valence-electron chi connectivity index (χ4n) is 2.78. The van der Waals surface area contributed by atoms with Crippen molar-refractivity contribution in [3.63, 3.8) is 0 Å². The van der Waals surface area contributed by atoms with E-state index in [9.17, 15) is 4.79 Å². The first-order valence-corrected chi connectivity index (χ1v) is 9.22. The number of thiazole rings is 1. The van der Waals surface area contributed by atoms with Gasteiger partial charge in [0.05, 0.1) is 23.2 Å². The first-order valence-electron chi connectivity index (χ1n) is 7.52. The van der Waals surface area contributed by atoms with Crippen LogP contribution >= 0.6 is 22.7 Å². The molecule has 1 amide bonds. The third kappa shape index (κ3) is 2.78. The molecule has 4 rings (SSSR count). The first-order chi connectivity index (χ1) is 11.2. The van der Waals surface area contributed by atoms with Crippen molar-refractivity contribution in [2.75, 3.05) is 18.6 Å². The molecule has 23 heavy (non-hydrogen) atoms. The van der Waals surface area contributed by atoms with E-state index in [1.165, 1.54) is 21.8 Å². The van der Waals surface area contributed by atoms with Crippen LogP contribution in [0.2, 0.25) is 0 Å². The average molecular weight is 344 g/mol. The van der Waals surface area contributed by atoms with Crippen molar-refractivity contribution < 1.29 is 9.53 Å². The summed E-state index contributed by atoms with van der Waals surface area (Å²) in [5, 5.41) is 2.81. The largest absolute Gasteiger partial charge is 0.372 e. The molecule has 1 aliphatic heterocycles. The van der Waals surface area contributed by atoms with Gasteiger partial charge in [-0.3, -0.25) is 9.69 Å². The van der Waals surface area contributed by atoms with E-state index in [1.54, 1.807) is 23.3 Å². The lowest BCUT2D eigenvalue weighted by atomic mass is 10.1. The van der Waals surface area contributed by atoms with Crippen molar-refractivity contribution in [1.29, 1.82) is 0 Å². The van der Waals surface area contributed by atoms with Gasteiger partial charge in [0.25, 0.3) is 0 Å². The van der Waals surface area contributed by atoms with Gasteiger partial charge in [0, 0.05) is 11.9 Å². The van der Waals surface area contributed by atoms with Crippen LogP contribution in [-0.4, -0.2) is 24.5 Å². The molecule has 118 valence electrons. The number of hydrogen-bond donors (Lipinski definition) is 0. The summed E-state index contributed by atoms with van der Waals surface area (Å²) in [5.74, 6) is 0.0373. The minimum atomic E-state index is -0.122. The van der Waals surface area contributed by atoms with Gasteiger partial charge >= 0.3 is 0 Å². The van der Waals surface area contributed by atoms with Gasteiger partial charge in [-0.25, -0.2) is 4.98 Å². The number of rotatable bonds is 3. The van der Waals surface area contributed by atoms with Gasteiger partial charge in [-0.15, -0.1) is 11.3 Å². The van der Waals surface area contributed by atoms with Crippen molar-refractivity contribution in [2.24, 2.45) is 0 Å². The van der Waals surface area contributed by atoms with E-state index in [1.807, 2.05) is 24.3 Å². The number of carbonyl (C=O) groups excluding carboxylic acids is 1. The van der Waals surface area contributed by atoms with Gasteiger partial charge < -0.3 is 4.74 Å². The molecule has 0 fully saturated rings. The minimum Gasteiger partial charge on any atom is -0.372 e. The number of hydrogen-bond acceptors (Lipinski definition) is 5. The van der Waals surface area contributed by atoms with Crippen molar-refractivity contribution in [3.05, 3.63) is 46.2 Å². The van der Waals surface area contributed by atoms with Crippen molar-refractivity contribution in [2.45, 2.75) is 18.9 Å². The molecule has 6 heteroatoms. The van der Waals surface area contributed by atoms with Crippen LogP contribution in [0.3, 0.4) is 0 Å². The fraction of sp³-hybridized carbons (Fsp3) is 0.294. The molecular weight excluding hydrogens is 328 g/mol. The van der Waals surface area contributed by atoms with Crippen LogP contribution in [0, 0.1) is 0 Å². The molecule has 0 spiro atoms. The van der Waals surface area contributed by atoms with Crippen LogP contribution in [-0.2, 0) is 16.0 Å². The van der Waals surface area contributed by atoms with E-state index in [0.29, 0.717) is 13.0 Å². The Bertz CT molecular complexity index is 822. The Hall–Kier alpha value is -1.76. The number of benzene rings is 1. The van der Waals surface area contributed by atoms with E-state index in [2.05, 4.69) is 16.4 Å². The molecule has 3 aromatic rings. The first kappa shape index (κ1) is 14.8. The highest BCUT2D eigenvalue weighted by molar-refractivity contribution is 7.22. The Morgan fingerprint density at radius 1 is 1.39 bits per heavy atom. The van der Waals surface area contributed by atoms with Crippen molar-refractivity contribution in [3.8, 4) is 0 Å². The fourth-order valence-corrected chi connectivity index (χ4v) is 4.73. The van der Waals surface area contributed by atoms with Gasteiger partial charge in [0.2, 0.25) is 5.91 Å². The van der Waals surface area contributed by atoms with E-state index >= 15 is 0 Å². The summed E-state index contributed by atoms with van der Waals surface area (Å²) in [6.45, 7) is 0.687. The predicted octanol–water partition coefficient (Wildman–Crippen LogP) is 4.02. The average Bonchev–Trinajstić information content (AvgIpc) is 3.20. The molecule has 0 saturated carbocycles. The number of thiophene rings is 1. The summed E-state index contributed by atoms with van der Waals surface area (Å²) in [6.07, 6.45) is 1.18. The predicted molar refractivity (Wildman–Crippen MR) is 94.4 cm³/mol. The van der Waals surface area contributed by atoms with Gasteiger partial charge in [-0.1, -0.05) is 23.5 Å². The maximum atomic E-state index is 12.6. The number of ether oxygens (including phenoxy) is 1. The minimum absolute atomic E-state index is 0.0373. The molecule has 3 heterocycles. The maximum absolute atomic E-state index is 12.6. The number of amides is 1. The molecule has 4 nitrogen and oxygen atoms in total. The van der Waals surface area contributed by atoms with Crippen LogP contribution in [0.15, 0.2) is 35.7 Å². The molecule has 1 atom stereocenters. The Morgan fingerprint density at radius 2 is 2.26 bits per heavy atom. The lowest BCUT2D eigenvalue weighted by Crippen LogP contribution is -2.29. The monoisotopic (exact) mass is 344 g/mol. The number of carbonyl (C=O) groups is 1. The smallest absolute Gasteiger partial charge is 0.231 e. The van der Waals surface area contributed by atoms with Gasteiger partial charge in [-0.2, -0.15) is 0 Å². The third-order valence-corrected chi connectivity index (χ3v) is 6.23. The topological polar surface area (TPSA) is 42.4 Å². The summed E-state index contributed by atoms with van der Waals surface area (Å²) >= 11 is 3.22. The normalized spacial score (nSPS) is 17.2. The van der Waals surface area contributed by atoms with E-state index in [-0.39, 0.29) is 12.0 Å². The quantitative estimate of drug-likeness (QED) is 0.720. The summed E-state index contributed by atoms with van der Waals surface area (Å²) in [4.78, 5) is 20.0. The summed E-state index contributed by atoms with van der Waals surface area (Å²) in [7, 11) is 1.79. The molecule has 1 aromatic carbocycles. The van der Waals surface area contributed by atoms with Crippen LogP contribution in [0.5, 0.6) is 0 Å². The summed E-state index contributed by atoms with van der Waals surface area (Å²) in [6, 6.07) is 10.1. The number of nitrogens with zero attached hydrogens (tertiary/aromatic N) is 2. The van der Waals surface area contributed by atoms with Crippen molar-refractivity contribution >= 4 is 43.9 Å². The molecule has 1 aliphatic rings. The molecule has 0 aliphatic carbocycles. The lowest BCUT2D eigenvalue weighted by molar-refractivity contribution is -0.121. The van der Waals surface area contributed by atoms with Crippen molar-refractivity contribution in [1.82, 2.24) is 4.98 Å². The standard InChI is InChI=1S/C17H16N2O2S2/c1-19(17-18-12-4-2-3-5-14(12)23-17)15(20)10-13-16-11(6-8-21-13)7-9-22-16/h2-5,7,9,13H,6,8,10H2,1H3/t13-/m0/s1. The van der Waals surface area contributed by atoms with Gasteiger partial charge in [0.1, 0.15) is 6.10 Å². The van der Waals surface area contributed by atoms with Gasteiger partial charge in [0.15, 0.2) is 5.13 Å². The Balaban J connectivity index is 1.53. The Morgan fingerprint density at radius 3 is 3.13 bits per heavy atom. The van der Waals surface area contributed by atoms with E-state index in [4.69, 9.17) is 4.74 Å². The Kier molecular flexibility index (Phi) is 3.88. The zero-order chi connectivity index (χ0) is 15.8. The second-order valence-corrected chi connectivity index (χ2v) is 7.50. The lowest BCUT2D eigenvalue weighted by Gasteiger charge is -2.24. The van der Waals surface area contributed by atoms with Gasteiger partial charge in [-0.05, 0) is 35.6 Å². The van der Waals surface area contributed by atoms with E-state index < -0.39 is 0 Å². The summed E-state index contributed by atoms with van der Waals surface area (Å²) < 4.78 is 6.92. The van der Waals surface area contributed by atoms with Crippen LogP contribution in [0.1, 0.15) is 23.0 Å². The second-order valence-electron chi connectivity index (χ2n) is 5.54. The molecule has 0 N–H and O–H groups in total. The van der Waals surface area contributed by atoms with Crippen LogP contribution in [0.4, 0.5) is 5.13 Å². The highest BCUT2D eigenvalue weighted by Crippen LogP contribution is 2.35. The summed E-state index contributed by atoms with van der Waals surface area (Å²) in [5.41, 5.74) is 2.25. The highest BCUT2D eigenvalue weighted by Gasteiger charge is 2.27. The van der Waals surface area contributed by atoms with Crippen LogP contribution < -0.4 is 4.90 Å². The molecule has 0 bridgehead atoms. The SMILES string of the molecule is CN(C(=O)C[C@@H]1OCCc2ccsc21)c1nc2ccccc2s1. The molecule has 2 aromatic heterocycles. The number of fused-ring (bicyclic) bond motifs is 2. The molecule has 0 saturated heterocycles. The number of anilines is 1.